The fourth-order valence-electron chi connectivity index (χ4n) is 4.98. The summed E-state index contributed by atoms with van der Waals surface area (Å²) >= 11 is 0. The molecule has 5 rings (SSSR count). The number of imidazole rings is 1. The third kappa shape index (κ3) is 4.60. The van der Waals surface area contributed by atoms with Crippen LogP contribution < -0.4 is 0 Å². The molecule has 0 aliphatic carbocycles. The number of carbonyl (C=O) groups is 1. The van der Waals surface area contributed by atoms with Crippen LogP contribution in [0.5, 0.6) is 0 Å². The van der Waals surface area contributed by atoms with Crippen molar-refractivity contribution in [2.45, 2.75) is 39.5 Å². The van der Waals surface area contributed by atoms with E-state index in [4.69, 9.17) is 4.98 Å². The lowest BCUT2D eigenvalue weighted by Gasteiger charge is -2.32. The zero-order valence-electron chi connectivity index (χ0n) is 19.8. The molecule has 3 heterocycles. The summed E-state index contributed by atoms with van der Waals surface area (Å²) in [5.74, 6) is 0.503. The highest BCUT2D eigenvalue weighted by atomic mass is 19.1. The van der Waals surface area contributed by atoms with Gasteiger partial charge in [0.1, 0.15) is 11.5 Å². The van der Waals surface area contributed by atoms with E-state index >= 15 is 0 Å². The molecular formula is C29H30FN3O. The van der Waals surface area contributed by atoms with Gasteiger partial charge in [-0.15, -0.1) is 0 Å². The van der Waals surface area contributed by atoms with Gasteiger partial charge in [-0.3, -0.25) is 4.79 Å². The summed E-state index contributed by atoms with van der Waals surface area (Å²) < 4.78 is 15.9. The summed E-state index contributed by atoms with van der Waals surface area (Å²) in [6.45, 7) is 5.36. The van der Waals surface area contributed by atoms with Gasteiger partial charge in [0.2, 0.25) is 5.91 Å². The molecule has 1 fully saturated rings. The van der Waals surface area contributed by atoms with Gasteiger partial charge in [0.05, 0.1) is 17.8 Å². The van der Waals surface area contributed by atoms with Crippen molar-refractivity contribution in [2.75, 3.05) is 13.1 Å². The van der Waals surface area contributed by atoms with Crippen LogP contribution in [0.2, 0.25) is 0 Å². The van der Waals surface area contributed by atoms with E-state index in [0.717, 1.165) is 60.5 Å². The third-order valence-electron chi connectivity index (χ3n) is 6.95. The number of pyridine rings is 1. The molecule has 0 spiro atoms. The first-order chi connectivity index (χ1) is 16.5. The Labute approximate surface area is 200 Å². The molecule has 2 aromatic carbocycles. The Morgan fingerprint density at radius 2 is 1.79 bits per heavy atom. The summed E-state index contributed by atoms with van der Waals surface area (Å²) in [6.07, 6.45) is 5.42. The molecule has 1 aliphatic rings. The molecule has 0 radical (unpaired) electrons. The first kappa shape index (κ1) is 22.3. The summed E-state index contributed by atoms with van der Waals surface area (Å²) in [7, 11) is 0. The standard InChI is InChI=1S/C29H30FN3O/c1-20-8-11-27-31-29(24-9-10-25(30)21(2)16-24)26(33(27)19-20)18-28(34)32-14-12-23(13-15-32)17-22-6-4-3-5-7-22/h3-11,16,19,23H,12-15,17-18H2,1-2H3. The van der Waals surface area contributed by atoms with Crippen LogP contribution in [0.1, 0.15) is 35.2 Å². The number of benzene rings is 2. The molecule has 0 saturated carbocycles. The minimum atomic E-state index is -0.237. The van der Waals surface area contributed by atoms with Crippen LogP contribution in [0, 0.1) is 25.6 Å². The number of carbonyl (C=O) groups excluding carboxylic acids is 1. The van der Waals surface area contributed by atoms with Crippen molar-refractivity contribution in [3.05, 3.63) is 95.1 Å². The highest BCUT2D eigenvalue weighted by molar-refractivity contribution is 5.82. The van der Waals surface area contributed by atoms with Crippen LogP contribution in [-0.2, 0) is 17.6 Å². The Hall–Kier alpha value is -3.47. The average molecular weight is 456 g/mol. The molecule has 34 heavy (non-hydrogen) atoms. The number of hydrogen-bond donors (Lipinski definition) is 0. The number of likely N-dealkylation sites (tertiary alicyclic amines) is 1. The van der Waals surface area contributed by atoms with Gasteiger partial charge in [-0.1, -0.05) is 36.4 Å². The van der Waals surface area contributed by atoms with Crippen LogP contribution in [0.3, 0.4) is 0 Å². The minimum Gasteiger partial charge on any atom is -0.342 e. The van der Waals surface area contributed by atoms with Gasteiger partial charge in [-0.25, -0.2) is 9.37 Å². The van der Waals surface area contributed by atoms with Gasteiger partial charge >= 0.3 is 0 Å². The van der Waals surface area contributed by atoms with Gasteiger partial charge in [0.25, 0.3) is 0 Å². The van der Waals surface area contributed by atoms with Crippen LogP contribution in [0.15, 0.2) is 66.9 Å². The van der Waals surface area contributed by atoms with Gasteiger partial charge in [-0.05, 0) is 80.0 Å². The number of nitrogens with zero attached hydrogens (tertiary/aromatic N) is 3. The summed E-state index contributed by atoms with van der Waals surface area (Å²) in [6, 6.07) is 19.6. The minimum absolute atomic E-state index is 0.126. The van der Waals surface area contributed by atoms with Crippen molar-refractivity contribution < 1.29 is 9.18 Å². The lowest BCUT2D eigenvalue weighted by molar-refractivity contribution is -0.131. The summed E-state index contributed by atoms with van der Waals surface area (Å²) in [5.41, 5.74) is 6.29. The Morgan fingerprint density at radius 3 is 2.53 bits per heavy atom. The van der Waals surface area contributed by atoms with E-state index in [1.165, 1.54) is 11.6 Å². The molecule has 1 saturated heterocycles. The van der Waals surface area contributed by atoms with Crippen molar-refractivity contribution in [3.63, 3.8) is 0 Å². The SMILES string of the molecule is Cc1ccc2nc(-c3ccc(F)c(C)c3)c(CC(=O)N3CCC(Cc4ccccc4)CC3)n2c1. The van der Waals surface area contributed by atoms with Crippen LogP contribution in [-0.4, -0.2) is 33.3 Å². The smallest absolute Gasteiger partial charge is 0.228 e. The lowest BCUT2D eigenvalue weighted by Crippen LogP contribution is -2.39. The maximum absolute atomic E-state index is 13.9. The summed E-state index contributed by atoms with van der Waals surface area (Å²) in [4.78, 5) is 20.2. The van der Waals surface area contributed by atoms with Crippen LogP contribution >= 0.6 is 0 Å². The second-order valence-electron chi connectivity index (χ2n) is 9.50. The number of piperidine rings is 1. The normalized spacial score (nSPS) is 14.6. The quantitative estimate of drug-likeness (QED) is 0.383. The molecule has 5 heteroatoms. The Kier molecular flexibility index (Phi) is 6.18. The van der Waals surface area contributed by atoms with Crippen molar-refractivity contribution in [3.8, 4) is 11.3 Å². The van der Waals surface area contributed by atoms with Crippen molar-refractivity contribution in [1.82, 2.24) is 14.3 Å². The topological polar surface area (TPSA) is 37.6 Å². The van der Waals surface area contributed by atoms with Gasteiger partial charge in [-0.2, -0.15) is 0 Å². The molecule has 4 aromatic rings. The van der Waals surface area contributed by atoms with Gasteiger partial charge in [0.15, 0.2) is 0 Å². The monoisotopic (exact) mass is 455 g/mol. The molecule has 2 aromatic heterocycles. The number of rotatable bonds is 5. The predicted molar refractivity (Wildman–Crippen MR) is 133 cm³/mol. The van der Waals surface area contributed by atoms with E-state index in [1.54, 1.807) is 13.0 Å². The molecular weight excluding hydrogens is 425 g/mol. The van der Waals surface area contributed by atoms with Crippen molar-refractivity contribution in [1.29, 1.82) is 0 Å². The zero-order valence-corrected chi connectivity index (χ0v) is 19.8. The van der Waals surface area contributed by atoms with E-state index in [0.29, 0.717) is 11.5 Å². The number of halogens is 1. The molecule has 1 aliphatic heterocycles. The van der Waals surface area contributed by atoms with E-state index in [9.17, 15) is 9.18 Å². The fourth-order valence-corrected chi connectivity index (χ4v) is 4.98. The lowest BCUT2D eigenvalue weighted by atomic mass is 9.90. The fraction of sp³-hybridized carbons (Fsp3) is 0.310. The summed E-state index contributed by atoms with van der Waals surface area (Å²) in [5, 5.41) is 0. The van der Waals surface area contributed by atoms with Crippen LogP contribution in [0.25, 0.3) is 16.9 Å². The van der Waals surface area contributed by atoms with E-state index in [-0.39, 0.29) is 18.1 Å². The molecule has 174 valence electrons. The zero-order chi connectivity index (χ0) is 23.7. The molecule has 0 bridgehead atoms. The number of aromatic nitrogens is 2. The third-order valence-corrected chi connectivity index (χ3v) is 6.95. The number of aryl methyl sites for hydroxylation is 2. The molecule has 0 unspecified atom stereocenters. The van der Waals surface area contributed by atoms with E-state index in [1.807, 2.05) is 46.7 Å². The Balaban J connectivity index is 1.36. The molecule has 0 N–H and O–H groups in total. The van der Waals surface area contributed by atoms with Crippen molar-refractivity contribution >= 4 is 11.6 Å². The van der Waals surface area contributed by atoms with E-state index in [2.05, 4.69) is 24.3 Å². The maximum Gasteiger partial charge on any atom is 0.228 e. The molecule has 4 nitrogen and oxygen atoms in total. The Bertz CT molecular complexity index is 1320. The Morgan fingerprint density at radius 1 is 1.03 bits per heavy atom. The molecule has 0 atom stereocenters. The number of fused-ring (bicyclic) bond motifs is 1. The highest BCUT2D eigenvalue weighted by Crippen LogP contribution is 2.28. The van der Waals surface area contributed by atoms with E-state index < -0.39 is 0 Å². The largest absolute Gasteiger partial charge is 0.342 e. The van der Waals surface area contributed by atoms with Gasteiger partial charge in [0, 0.05) is 24.8 Å². The second kappa shape index (κ2) is 9.41. The van der Waals surface area contributed by atoms with Gasteiger partial charge < -0.3 is 9.30 Å². The molecule has 1 amide bonds. The maximum atomic E-state index is 13.9. The first-order valence-electron chi connectivity index (χ1n) is 12.0. The first-order valence-corrected chi connectivity index (χ1v) is 12.0. The number of hydrogen-bond acceptors (Lipinski definition) is 2. The number of amides is 1. The predicted octanol–water partition coefficient (Wildman–Crippen LogP) is 5.78. The highest BCUT2D eigenvalue weighted by Gasteiger charge is 2.25. The second-order valence-corrected chi connectivity index (χ2v) is 9.50. The van der Waals surface area contributed by atoms with Crippen molar-refractivity contribution in [2.24, 2.45) is 5.92 Å². The van der Waals surface area contributed by atoms with Crippen LogP contribution in [0.4, 0.5) is 4.39 Å². The average Bonchev–Trinajstić information content (AvgIpc) is 3.19.